The zero-order valence-corrected chi connectivity index (χ0v) is 10.3. The highest BCUT2D eigenvalue weighted by Crippen LogP contribution is 2.30. The first-order valence-corrected chi connectivity index (χ1v) is 6.01. The molecule has 1 aliphatic heterocycles. The minimum Gasteiger partial charge on any atom is -0.354 e. The summed E-state index contributed by atoms with van der Waals surface area (Å²) in [5.41, 5.74) is -0.977. The summed E-state index contributed by atoms with van der Waals surface area (Å²) in [5, 5.41) is 5.14. The number of anilines is 1. The zero-order valence-electron chi connectivity index (χ0n) is 10.3. The first-order chi connectivity index (χ1) is 9.29. The predicted molar refractivity (Wildman–Crippen MR) is 61.4 cm³/mol. The quantitative estimate of drug-likeness (QED) is 0.839. The molecule has 9 heteroatoms. The van der Waals surface area contributed by atoms with Gasteiger partial charge in [-0.3, -0.25) is 0 Å². The second kappa shape index (κ2) is 5.47. The van der Waals surface area contributed by atoms with Crippen molar-refractivity contribution in [1.29, 1.82) is 0 Å². The molecule has 2 heterocycles. The van der Waals surface area contributed by atoms with Gasteiger partial charge in [-0.05, 0) is 13.0 Å². The topological polar surface area (TPSA) is 49.8 Å². The van der Waals surface area contributed by atoms with Crippen molar-refractivity contribution in [3.63, 3.8) is 0 Å². The van der Waals surface area contributed by atoms with Gasteiger partial charge in [-0.15, -0.1) is 0 Å². The summed E-state index contributed by atoms with van der Waals surface area (Å²) >= 11 is 0. The van der Waals surface area contributed by atoms with E-state index >= 15 is 0 Å². The van der Waals surface area contributed by atoms with Crippen LogP contribution >= 0.6 is 0 Å². The van der Waals surface area contributed by atoms with Crippen LogP contribution in [0.2, 0.25) is 0 Å². The summed E-state index contributed by atoms with van der Waals surface area (Å²) in [6, 6.07) is 0. The summed E-state index contributed by atoms with van der Waals surface area (Å²) in [4.78, 5) is 6.95. The average Bonchev–Trinajstić information content (AvgIpc) is 2.36. The third-order valence-corrected chi connectivity index (χ3v) is 3.11. The van der Waals surface area contributed by atoms with E-state index in [9.17, 15) is 22.0 Å². The van der Waals surface area contributed by atoms with Gasteiger partial charge in [0.1, 0.15) is 0 Å². The molecular weight excluding hydrogens is 283 g/mol. The molecule has 0 bridgehead atoms. The molecule has 0 spiro atoms. The number of aromatic nitrogens is 2. The maximum absolute atomic E-state index is 13.5. The standard InChI is InChI=1S/C11H13F5N4/c12-10(13)6-17-2-1-7(10)3-18-9-19-4-8(5-20-9)11(14,15)16/h4-5,7,17H,1-3,6H2,(H,18,19,20)/t7-/m1/s1. The highest BCUT2D eigenvalue weighted by molar-refractivity contribution is 5.25. The second-order valence-corrected chi connectivity index (χ2v) is 4.60. The second-order valence-electron chi connectivity index (χ2n) is 4.60. The Hall–Kier alpha value is -1.51. The van der Waals surface area contributed by atoms with Gasteiger partial charge in [-0.2, -0.15) is 13.2 Å². The lowest BCUT2D eigenvalue weighted by molar-refractivity contribution is -0.138. The number of rotatable bonds is 3. The van der Waals surface area contributed by atoms with Crippen molar-refractivity contribution in [1.82, 2.24) is 15.3 Å². The van der Waals surface area contributed by atoms with Crippen molar-refractivity contribution in [3.8, 4) is 0 Å². The number of nitrogens with zero attached hydrogens (tertiary/aromatic N) is 2. The lowest BCUT2D eigenvalue weighted by Gasteiger charge is -2.31. The number of alkyl halides is 5. The Morgan fingerprint density at radius 3 is 2.50 bits per heavy atom. The molecule has 1 aliphatic rings. The Morgan fingerprint density at radius 1 is 1.30 bits per heavy atom. The zero-order chi connectivity index (χ0) is 14.8. The van der Waals surface area contributed by atoms with Crippen LogP contribution in [0.15, 0.2) is 12.4 Å². The third kappa shape index (κ3) is 3.53. The van der Waals surface area contributed by atoms with Crippen LogP contribution in [-0.2, 0) is 6.18 Å². The highest BCUT2D eigenvalue weighted by Gasteiger charge is 2.41. The van der Waals surface area contributed by atoms with Crippen molar-refractivity contribution in [2.24, 2.45) is 5.92 Å². The van der Waals surface area contributed by atoms with E-state index in [4.69, 9.17) is 0 Å². The van der Waals surface area contributed by atoms with Crippen molar-refractivity contribution in [3.05, 3.63) is 18.0 Å². The molecule has 1 atom stereocenters. The number of piperidine rings is 1. The van der Waals surface area contributed by atoms with E-state index in [1.165, 1.54) is 0 Å². The summed E-state index contributed by atoms with van der Waals surface area (Å²) in [5.74, 6) is -3.83. The molecule has 0 aromatic carbocycles. The number of hydrogen-bond acceptors (Lipinski definition) is 4. The van der Waals surface area contributed by atoms with Gasteiger partial charge in [-0.1, -0.05) is 0 Å². The Morgan fingerprint density at radius 2 is 1.95 bits per heavy atom. The van der Waals surface area contributed by atoms with Gasteiger partial charge in [0.2, 0.25) is 5.95 Å². The van der Waals surface area contributed by atoms with Crippen LogP contribution in [0, 0.1) is 5.92 Å². The minimum atomic E-state index is -4.51. The van der Waals surface area contributed by atoms with Crippen molar-refractivity contribution >= 4 is 5.95 Å². The molecule has 2 rings (SSSR count). The molecule has 0 aliphatic carbocycles. The van der Waals surface area contributed by atoms with Crippen molar-refractivity contribution in [2.45, 2.75) is 18.5 Å². The van der Waals surface area contributed by atoms with Crippen LogP contribution in [0.4, 0.5) is 27.9 Å². The fourth-order valence-corrected chi connectivity index (χ4v) is 1.92. The van der Waals surface area contributed by atoms with Gasteiger partial charge in [-0.25, -0.2) is 18.7 Å². The molecule has 0 amide bonds. The van der Waals surface area contributed by atoms with Crippen molar-refractivity contribution in [2.75, 3.05) is 25.0 Å². The molecule has 0 saturated carbocycles. The van der Waals surface area contributed by atoms with Crippen molar-refractivity contribution < 1.29 is 22.0 Å². The van der Waals surface area contributed by atoms with E-state index in [1.54, 1.807) is 0 Å². The van der Waals surface area contributed by atoms with Gasteiger partial charge < -0.3 is 10.6 Å². The van der Waals surface area contributed by atoms with Gasteiger partial charge in [0, 0.05) is 24.9 Å². The van der Waals surface area contributed by atoms with Crippen LogP contribution in [0.1, 0.15) is 12.0 Å². The molecule has 0 unspecified atom stereocenters. The van der Waals surface area contributed by atoms with Gasteiger partial charge >= 0.3 is 6.18 Å². The van der Waals surface area contributed by atoms with Gasteiger partial charge in [0.05, 0.1) is 12.1 Å². The van der Waals surface area contributed by atoms with Crippen LogP contribution in [0.5, 0.6) is 0 Å². The molecule has 112 valence electrons. The lowest BCUT2D eigenvalue weighted by atomic mass is 9.94. The Kier molecular flexibility index (Phi) is 4.07. The SMILES string of the molecule is FC(F)(F)c1cnc(NC[C@H]2CCNCC2(F)F)nc1. The molecule has 1 saturated heterocycles. The lowest BCUT2D eigenvalue weighted by Crippen LogP contribution is -2.48. The number of hydrogen-bond donors (Lipinski definition) is 2. The first kappa shape index (κ1) is 14.9. The fraction of sp³-hybridized carbons (Fsp3) is 0.636. The van der Waals surface area contributed by atoms with Gasteiger partial charge in [0.15, 0.2) is 0 Å². The maximum Gasteiger partial charge on any atom is 0.419 e. The third-order valence-electron chi connectivity index (χ3n) is 3.11. The highest BCUT2D eigenvalue weighted by atomic mass is 19.4. The largest absolute Gasteiger partial charge is 0.419 e. The molecule has 1 aromatic heterocycles. The van der Waals surface area contributed by atoms with E-state index in [1.807, 2.05) is 0 Å². The summed E-state index contributed by atoms with van der Waals surface area (Å²) in [6.45, 7) is 0.00304. The first-order valence-electron chi connectivity index (χ1n) is 6.01. The molecule has 1 fully saturated rings. The Balaban J connectivity index is 1.94. The maximum atomic E-state index is 13.5. The average molecular weight is 296 g/mol. The fourth-order valence-electron chi connectivity index (χ4n) is 1.92. The Bertz CT molecular complexity index is 445. The van der Waals surface area contributed by atoms with Gasteiger partial charge in [0.25, 0.3) is 5.92 Å². The van der Waals surface area contributed by atoms with Crippen LogP contribution in [-0.4, -0.2) is 35.5 Å². The van der Waals surface area contributed by atoms with E-state index in [-0.39, 0.29) is 18.9 Å². The minimum absolute atomic E-state index is 0.0833. The molecule has 20 heavy (non-hydrogen) atoms. The molecule has 2 N–H and O–H groups in total. The molecular formula is C11H13F5N4. The van der Waals surface area contributed by atoms with E-state index < -0.39 is 30.1 Å². The number of halogens is 5. The summed E-state index contributed by atoms with van der Waals surface area (Å²) < 4.78 is 63.9. The van der Waals surface area contributed by atoms with Crippen LogP contribution in [0.3, 0.4) is 0 Å². The predicted octanol–water partition coefficient (Wildman–Crippen LogP) is 2.15. The van der Waals surface area contributed by atoms with E-state index in [0.29, 0.717) is 18.9 Å². The van der Waals surface area contributed by atoms with E-state index in [2.05, 4.69) is 20.6 Å². The molecule has 1 aromatic rings. The van der Waals surface area contributed by atoms with Crippen LogP contribution < -0.4 is 10.6 Å². The summed E-state index contributed by atoms with van der Waals surface area (Å²) in [7, 11) is 0. The molecule has 0 radical (unpaired) electrons. The van der Waals surface area contributed by atoms with Crippen LogP contribution in [0.25, 0.3) is 0 Å². The molecule has 4 nitrogen and oxygen atoms in total. The normalized spacial score (nSPS) is 22.6. The summed E-state index contributed by atoms with van der Waals surface area (Å²) in [6.07, 6.45) is -2.99. The smallest absolute Gasteiger partial charge is 0.354 e. The van der Waals surface area contributed by atoms with E-state index in [0.717, 1.165) is 0 Å². The monoisotopic (exact) mass is 296 g/mol. The Labute approximate surface area is 111 Å². The number of nitrogens with one attached hydrogen (secondary N) is 2.